The Morgan fingerprint density at radius 1 is 1.29 bits per heavy atom. The average molecular weight is 343 g/mol. The van der Waals surface area contributed by atoms with Crippen molar-refractivity contribution >= 4 is 21.8 Å². The number of carbonyl (C=O) groups is 1. The maximum atomic E-state index is 12.7. The number of carbonyl (C=O) groups excluding carboxylic acids is 1. The summed E-state index contributed by atoms with van der Waals surface area (Å²) in [5.74, 6) is -0.111. The summed E-state index contributed by atoms with van der Waals surface area (Å²) in [5.41, 5.74) is 2.68. The second kappa shape index (κ2) is 5.59. The molecule has 1 amide bonds. The van der Waals surface area contributed by atoms with Gasteiger partial charge in [0.25, 0.3) is 15.9 Å². The van der Waals surface area contributed by atoms with Gasteiger partial charge in [0, 0.05) is 12.7 Å². The van der Waals surface area contributed by atoms with E-state index in [0.717, 1.165) is 18.4 Å². The first-order valence-corrected chi connectivity index (χ1v) is 9.51. The molecule has 2 heterocycles. The van der Waals surface area contributed by atoms with E-state index in [-0.39, 0.29) is 23.5 Å². The van der Waals surface area contributed by atoms with Crippen LogP contribution in [0.3, 0.4) is 0 Å². The Kier molecular flexibility index (Phi) is 3.53. The van der Waals surface area contributed by atoms with E-state index in [1.165, 1.54) is 5.56 Å². The van der Waals surface area contributed by atoms with Crippen LogP contribution in [0.4, 0.5) is 0 Å². The van der Waals surface area contributed by atoms with Crippen molar-refractivity contribution in [2.45, 2.75) is 18.9 Å². The molecule has 1 N–H and O–H groups in total. The molecule has 124 valence electrons. The van der Waals surface area contributed by atoms with Gasteiger partial charge in [-0.25, -0.2) is 8.42 Å². The molecule has 0 fully saturated rings. The van der Waals surface area contributed by atoms with Crippen molar-refractivity contribution in [1.29, 1.82) is 0 Å². The van der Waals surface area contributed by atoms with Crippen LogP contribution in [-0.4, -0.2) is 37.4 Å². The van der Waals surface area contributed by atoms with Gasteiger partial charge in [-0.05, 0) is 36.1 Å². The molecule has 1 aromatic rings. The first kappa shape index (κ1) is 15.1. The fraction of sp³-hybridized carbons (Fsp3) is 0.294. The fourth-order valence-electron chi connectivity index (χ4n) is 3.34. The lowest BCUT2D eigenvalue weighted by Gasteiger charge is -2.29. The molecule has 0 radical (unpaired) electrons. The van der Waals surface area contributed by atoms with Gasteiger partial charge in [-0.1, -0.05) is 24.3 Å². The van der Waals surface area contributed by atoms with E-state index in [1.54, 1.807) is 23.3 Å². The summed E-state index contributed by atoms with van der Waals surface area (Å²) in [6.07, 6.45) is 6.89. The van der Waals surface area contributed by atoms with Crippen molar-refractivity contribution in [2.24, 2.45) is 4.40 Å². The van der Waals surface area contributed by atoms with Gasteiger partial charge < -0.3 is 10.2 Å². The van der Waals surface area contributed by atoms with Crippen molar-refractivity contribution in [2.75, 3.05) is 12.3 Å². The Hall–Kier alpha value is -2.41. The van der Waals surface area contributed by atoms with Gasteiger partial charge in [-0.15, -0.1) is 4.40 Å². The van der Waals surface area contributed by atoms with Crippen LogP contribution in [0.1, 0.15) is 23.6 Å². The third-order valence-electron chi connectivity index (χ3n) is 4.54. The van der Waals surface area contributed by atoms with Crippen LogP contribution in [0.15, 0.2) is 52.6 Å². The second-order valence-electron chi connectivity index (χ2n) is 6.08. The molecule has 0 bridgehead atoms. The highest BCUT2D eigenvalue weighted by Gasteiger charge is 2.32. The molecule has 0 saturated heterocycles. The lowest BCUT2D eigenvalue weighted by atomic mass is 10.1. The van der Waals surface area contributed by atoms with Crippen LogP contribution in [0, 0.1) is 0 Å². The first-order valence-electron chi connectivity index (χ1n) is 7.90. The van der Waals surface area contributed by atoms with E-state index in [2.05, 4.69) is 15.8 Å². The van der Waals surface area contributed by atoms with E-state index in [1.807, 2.05) is 18.2 Å². The smallest absolute Gasteiger partial charge is 0.256 e. The minimum Gasteiger partial charge on any atom is -0.345 e. The summed E-state index contributed by atoms with van der Waals surface area (Å²) >= 11 is 0. The highest BCUT2D eigenvalue weighted by molar-refractivity contribution is 7.90. The molecule has 2 aliphatic heterocycles. The fourth-order valence-corrected chi connectivity index (χ4v) is 4.32. The quantitative estimate of drug-likeness (QED) is 0.878. The van der Waals surface area contributed by atoms with Gasteiger partial charge in [0.2, 0.25) is 0 Å². The van der Waals surface area contributed by atoms with Gasteiger partial charge in [-0.3, -0.25) is 4.79 Å². The molecule has 0 aromatic heterocycles. The van der Waals surface area contributed by atoms with Crippen molar-refractivity contribution in [3.8, 4) is 0 Å². The predicted molar refractivity (Wildman–Crippen MR) is 90.8 cm³/mol. The molecular formula is C17H17N3O3S. The summed E-state index contributed by atoms with van der Waals surface area (Å²) in [6.45, 7) is 0.314. The average Bonchev–Trinajstić information content (AvgIpc) is 2.96. The lowest BCUT2D eigenvalue weighted by molar-refractivity contribution is -0.117. The third kappa shape index (κ3) is 2.65. The number of amides is 1. The van der Waals surface area contributed by atoms with Crippen LogP contribution in [0.5, 0.6) is 0 Å². The number of hydrogen-bond acceptors (Lipinski definition) is 4. The zero-order valence-corrected chi connectivity index (χ0v) is 13.8. The summed E-state index contributed by atoms with van der Waals surface area (Å²) in [4.78, 5) is 14.4. The minimum absolute atomic E-state index is 0.0360. The maximum Gasteiger partial charge on any atom is 0.256 e. The molecule has 7 heteroatoms. The molecule has 24 heavy (non-hydrogen) atoms. The number of fused-ring (bicyclic) bond motifs is 2. The normalized spacial score (nSPS) is 23.8. The van der Waals surface area contributed by atoms with Crippen LogP contribution < -0.4 is 5.32 Å². The molecule has 1 aromatic carbocycles. The van der Waals surface area contributed by atoms with Gasteiger partial charge in [-0.2, -0.15) is 0 Å². The van der Waals surface area contributed by atoms with Gasteiger partial charge in [0.15, 0.2) is 5.84 Å². The Balaban J connectivity index is 1.60. The monoisotopic (exact) mass is 343 g/mol. The van der Waals surface area contributed by atoms with E-state index < -0.39 is 10.0 Å². The number of nitrogens with one attached hydrogen (secondary N) is 1. The zero-order valence-electron chi connectivity index (χ0n) is 13.0. The maximum absolute atomic E-state index is 12.7. The summed E-state index contributed by atoms with van der Waals surface area (Å²) in [6, 6.07) is 8.01. The van der Waals surface area contributed by atoms with Crippen molar-refractivity contribution in [1.82, 2.24) is 10.2 Å². The number of benzene rings is 1. The summed E-state index contributed by atoms with van der Waals surface area (Å²) in [7, 11) is -3.50. The lowest BCUT2D eigenvalue weighted by Crippen LogP contribution is -2.42. The topological polar surface area (TPSA) is 78.8 Å². The predicted octanol–water partition coefficient (Wildman–Crippen LogP) is 1.29. The van der Waals surface area contributed by atoms with Gasteiger partial charge in [0.1, 0.15) is 0 Å². The van der Waals surface area contributed by atoms with E-state index >= 15 is 0 Å². The largest absolute Gasteiger partial charge is 0.345 e. The van der Waals surface area contributed by atoms with E-state index in [9.17, 15) is 13.2 Å². The van der Waals surface area contributed by atoms with E-state index in [4.69, 9.17) is 0 Å². The number of sulfonamides is 1. The Labute approximate surface area is 140 Å². The highest BCUT2D eigenvalue weighted by Crippen LogP contribution is 2.31. The van der Waals surface area contributed by atoms with Crippen LogP contribution >= 0.6 is 0 Å². The molecule has 0 spiro atoms. The second-order valence-corrected chi connectivity index (χ2v) is 7.83. The molecule has 0 saturated carbocycles. The number of amidine groups is 1. The molecule has 1 atom stereocenters. The highest BCUT2D eigenvalue weighted by atomic mass is 32.2. The Morgan fingerprint density at radius 3 is 3.00 bits per heavy atom. The van der Waals surface area contributed by atoms with Gasteiger partial charge in [0.05, 0.1) is 17.4 Å². The standard InChI is InChI=1S/C17H17N3O3S/c21-17(18-15-8-7-12-4-1-2-5-13(12)15)14-6-3-9-20-10-11-24(22,23)19-16(14)20/h1-6,9,15H,7-8,10-11H2,(H,18,21). The van der Waals surface area contributed by atoms with Crippen molar-refractivity contribution in [3.05, 3.63) is 59.3 Å². The number of aryl methyl sites for hydroxylation is 1. The van der Waals surface area contributed by atoms with Crippen molar-refractivity contribution < 1.29 is 13.2 Å². The van der Waals surface area contributed by atoms with Crippen molar-refractivity contribution in [3.63, 3.8) is 0 Å². The molecule has 4 rings (SSSR count). The SMILES string of the molecule is O=C(NC1CCc2ccccc21)C1=CC=CN2CCS(=O)(=O)N=C12. The molecule has 1 aliphatic carbocycles. The van der Waals surface area contributed by atoms with E-state index in [0.29, 0.717) is 12.1 Å². The van der Waals surface area contributed by atoms with Crippen LogP contribution in [0.25, 0.3) is 0 Å². The first-order chi connectivity index (χ1) is 11.5. The number of rotatable bonds is 2. The zero-order chi connectivity index (χ0) is 16.7. The Morgan fingerprint density at radius 2 is 2.12 bits per heavy atom. The van der Waals surface area contributed by atoms with Crippen LogP contribution in [0.2, 0.25) is 0 Å². The molecule has 3 aliphatic rings. The third-order valence-corrected chi connectivity index (χ3v) is 5.69. The Bertz CT molecular complexity index is 899. The summed E-state index contributed by atoms with van der Waals surface area (Å²) in [5, 5.41) is 3.02. The number of nitrogens with zero attached hydrogens (tertiary/aromatic N) is 2. The molecule has 1 unspecified atom stereocenters. The molecular weight excluding hydrogens is 326 g/mol. The van der Waals surface area contributed by atoms with Gasteiger partial charge >= 0.3 is 0 Å². The molecule has 6 nitrogen and oxygen atoms in total. The number of allylic oxidation sites excluding steroid dienone is 2. The van der Waals surface area contributed by atoms with Crippen LogP contribution in [-0.2, 0) is 21.2 Å². The number of hydrogen-bond donors (Lipinski definition) is 1. The summed E-state index contributed by atoms with van der Waals surface area (Å²) < 4.78 is 27.4. The minimum atomic E-state index is -3.50.